The van der Waals surface area contributed by atoms with Gasteiger partial charge in [-0.2, -0.15) is 4.31 Å². The van der Waals surface area contributed by atoms with Crippen LogP contribution < -0.4 is 10.2 Å². The fourth-order valence-electron chi connectivity index (χ4n) is 3.89. The molecule has 2 aromatic carbocycles. The van der Waals surface area contributed by atoms with Crippen molar-refractivity contribution in [2.24, 2.45) is 5.92 Å². The van der Waals surface area contributed by atoms with Gasteiger partial charge in [-0.05, 0) is 56.2 Å². The highest BCUT2D eigenvalue weighted by Gasteiger charge is 2.35. The first kappa shape index (κ1) is 20.6. The number of rotatable bonds is 5. The summed E-state index contributed by atoms with van der Waals surface area (Å²) in [6.07, 6.45) is 1.92. The molecule has 2 saturated heterocycles. The van der Waals surface area contributed by atoms with E-state index < -0.39 is 15.9 Å². The van der Waals surface area contributed by atoms with Gasteiger partial charge in [0.15, 0.2) is 0 Å². The highest BCUT2D eigenvalue weighted by Crippen LogP contribution is 2.27. The molecule has 2 aromatic rings. The molecule has 158 valence electrons. The minimum Gasteiger partial charge on any atom is -0.326 e. The molecule has 0 unspecified atom stereocenters. The highest BCUT2D eigenvalue weighted by atomic mass is 32.2. The molecule has 0 spiro atoms. The van der Waals surface area contributed by atoms with E-state index in [9.17, 15) is 18.0 Å². The lowest BCUT2D eigenvalue weighted by Gasteiger charge is -2.17. The van der Waals surface area contributed by atoms with E-state index in [0.717, 1.165) is 24.1 Å². The summed E-state index contributed by atoms with van der Waals surface area (Å²) in [6, 6.07) is 13.9. The smallest absolute Gasteiger partial charge is 0.243 e. The number of carbonyl (C=O) groups excluding carboxylic acids is 2. The summed E-state index contributed by atoms with van der Waals surface area (Å²) in [5.74, 6) is -0.772. The number of hydrogen-bond donors (Lipinski definition) is 1. The van der Waals surface area contributed by atoms with E-state index in [1.54, 1.807) is 17.0 Å². The lowest BCUT2D eigenvalue weighted by atomic mass is 10.1. The normalized spacial score (nSPS) is 20.0. The van der Waals surface area contributed by atoms with Crippen LogP contribution in [0.2, 0.25) is 0 Å². The molecule has 0 aromatic heterocycles. The molecular formula is C22H25N3O4S. The molecule has 1 atom stereocenters. The summed E-state index contributed by atoms with van der Waals surface area (Å²) >= 11 is 0. The van der Waals surface area contributed by atoms with E-state index >= 15 is 0 Å². The van der Waals surface area contributed by atoms with Gasteiger partial charge in [-0.15, -0.1) is 0 Å². The van der Waals surface area contributed by atoms with Gasteiger partial charge in [0.2, 0.25) is 21.8 Å². The molecule has 1 N–H and O–H groups in total. The van der Waals surface area contributed by atoms with Crippen molar-refractivity contribution >= 4 is 33.2 Å². The van der Waals surface area contributed by atoms with Gasteiger partial charge in [-0.25, -0.2) is 8.42 Å². The second-order valence-electron chi connectivity index (χ2n) is 7.87. The SMILES string of the molecule is Cc1ccc(N2C[C@H](C(=O)Nc3ccc(S(=O)(=O)N4CCCC4)cc3)CC2=O)cc1. The number of amides is 2. The zero-order chi connectivity index (χ0) is 21.3. The lowest BCUT2D eigenvalue weighted by molar-refractivity contribution is -0.122. The van der Waals surface area contributed by atoms with E-state index in [2.05, 4.69) is 5.32 Å². The van der Waals surface area contributed by atoms with Gasteiger partial charge in [0.25, 0.3) is 0 Å². The minimum atomic E-state index is -3.48. The van der Waals surface area contributed by atoms with E-state index in [1.165, 1.54) is 16.4 Å². The number of nitrogens with one attached hydrogen (secondary N) is 1. The molecule has 4 rings (SSSR count). The van der Waals surface area contributed by atoms with Gasteiger partial charge in [0, 0.05) is 37.4 Å². The van der Waals surface area contributed by atoms with Crippen LogP contribution in [-0.2, 0) is 19.6 Å². The van der Waals surface area contributed by atoms with Crippen LogP contribution in [0.25, 0.3) is 0 Å². The lowest BCUT2D eigenvalue weighted by Crippen LogP contribution is -2.28. The predicted molar refractivity (Wildman–Crippen MR) is 115 cm³/mol. The van der Waals surface area contributed by atoms with Crippen molar-refractivity contribution in [3.63, 3.8) is 0 Å². The predicted octanol–water partition coefficient (Wildman–Crippen LogP) is 2.77. The van der Waals surface area contributed by atoms with Crippen molar-refractivity contribution in [3.8, 4) is 0 Å². The molecule has 7 nitrogen and oxygen atoms in total. The van der Waals surface area contributed by atoms with Crippen molar-refractivity contribution in [1.29, 1.82) is 0 Å². The average molecular weight is 428 g/mol. The van der Waals surface area contributed by atoms with Gasteiger partial charge >= 0.3 is 0 Å². The summed E-state index contributed by atoms with van der Waals surface area (Å²) in [5.41, 5.74) is 2.41. The Labute approximate surface area is 176 Å². The third kappa shape index (κ3) is 4.11. The third-order valence-electron chi connectivity index (χ3n) is 5.67. The molecule has 2 amide bonds. The topological polar surface area (TPSA) is 86.8 Å². The Bertz CT molecular complexity index is 1040. The Morgan fingerprint density at radius 1 is 1.00 bits per heavy atom. The zero-order valence-electron chi connectivity index (χ0n) is 16.9. The first-order valence-corrected chi connectivity index (χ1v) is 11.6. The molecule has 0 aliphatic carbocycles. The summed E-state index contributed by atoms with van der Waals surface area (Å²) in [5, 5.41) is 2.81. The van der Waals surface area contributed by atoms with Crippen LogP contribution in [-0.4, -0.2) is 44.2 Å². The van der Waals surface area contributed by atoms with Crippen LogP contribution in [0.1, 0.15) is 24.8 Å². The van der Waals surface area contributed by atoms with Crippen LogP contribution in [0, 0.1) is 12.8 Å². The van der Waals surface area contributed by atoms with Crippen LogP contribution in [0.5, 0.6) is 0 Å². The standard InChI is InChI=1S/C22H25N3O4S/c1-16-4-8-19(9-5-16)25-15-17(14-21(25)26)22(27)23-18-6-10-20(11-7-18)30(28,29)24-12-2-3-13-24/h4-11,17H,2-3,12-15H2,1H3,(H,23,27)/t17-/m1/s1. The van der Waals surface area contributed by atoms with E-state index in [-0.39, 0.29) is 23.1 Å². The average Bonchev–Trinajstić information content (AvgIpc) is 3.40. The molecule has 30 heavy (non-hydrogen) atoms. The fraction of sp³-hybridized carbons (Fsp3) is 0.364. The zero-order valence-corrected chi connectivity index (χ0v) is 17.7. The Hall–Kier alpha value is -2.71. The second kappa shape index (κ2) is 8.20. The molecule has 2 heterocycles. The largest absolute Gasteiger partial charge is 0.326 e. The molecule has 8 heteroatoms. The number of benzene rings is 2. The van der Waals surface area contributed by atoms with Gasteiger partial charge in [-0.3, -0.25) is 9.59 Å². The van der Waals surface area contributed by atoms with Crippen LogP contribution in [0.3, 0.4) is 0 Å². The number of nitrogens with zero attached hydrogens (tertiary/aromatic N) is 2. The van der Waals surface area contributed by atoms with Crippen molar-refractivity contribution in [2.75, 3.05) is 29.9 Å². The van der Waals surface area contributed by atoms with Crippen LogP contribution >= 0.6 is 0 Å². The summed E-state index contributed by atoms with van der Waals surface area (Å²) in [4.78, 5) is 26.9. The Kier molecular flexibility index (Phi) is 5.62. The van der Waals surface area contributed by atoms with Crippen LogP contribution in [0.4, 0.5) is 11.4 Å². The summed E-state index contributed by atoms with van der Waals surface area (Å²) in [7, 11) is -3.48. The maximum Gasteiger partial charge on any atom is 0.243 e. The number of hydrogen-bond acceptors (Lipinski definition) is 4. The monoisotopic (exact) mass is 427 g/mol. The summed E-state index contributed by atoms with van der Waals surface area (Å²) in [6.45, 7) is 3.41. The molecule has 0 saturated carbocycles. The Morgan fingerprint density at radius 2 is 1.63 bits per heavy atom. The van der Waals surface area contributed by atoms with E-state index in [0.29, 0.717) is 25.3 Å². The Morgan fingerprint density at radius 3 is 2.27 bits per heavy atom. The van der Waals surface area contributed by atoms with Crippen molar-refractivity contribution in [2.45, 2.75) is 31.1 Å². The third-order valence-corrected chi connectivity index (χ3v) is 7.58. The number of anilines is 2. The second-order valence-corrected chi connectivity index (χ2v) is 9.80. The van der Waals surface area contributed by atoms with Gasteiger partial charge < -0.3 is 10.2 Å². The number of aryl methyl sites for hydroxylation is 1. The quantitative estimate of drug-likeness (QED) is 0.795. The first-order chi connectivity index (χ1) is 14.3. The Balaban J connectivity index is 1.40. The van der Waals surface area contributed by atoms with Crippen LogP contribution in [0.15, 0.2) is 53.4 Å². The molecule has 0 radical (unpaired) electrons. The van der Waals surface area contributed by atoms with Crippen molar-refractivity contribution in [3.05, 3.63) is 54.1 Å². The van der Waals surface area contributed by atoms with Gasteiger partial charge in [0.1, 0.15) is 0 Å². The number of carbonyl (C=O) groups is 2. The molecule has 2 aliphatic rings. The first-order valence-electron chi connectivity index (χ1n) is 10.1. The highest BCUT2D eigenvalue weighted by molar-refractivity contribution is 7.89. The minimum absolute atomic E-state index is 0.0777. The molecule has 2 fully saturated rings. The van der Waals surface area contributed by atoms with Gasteiger partial charge in [0.05, 0.1) is 10.8 Å². The number of sulfonamides is 1. The molecule has 0 bridgehead atoms. The molecule has 2 aliphatic heterocycles. The van der Waals surface area contributed by atoms with E-state index in [1.807, 2.05) is 31.2 Å². The van der Waals surface area contributed by atoms with Crippen molar-refractivity contribution < 1.29 is 18.0 Å². The fourth-order valence-corrected chi connectivity index (χ4v) is 5.41. The maximum atomic E-state index is 12.7. The van der Waals surface area contributed by atoms with Gasteiger partial charge in [-0.1, -0.05) is 17.7 Å². The maximum absolute atomic E-state index is 12.7. The van der Waals surface area contributed by atoms with Crippen molar-refractivity contribution in [1.82, 2.24) is 4.31 Å². The molecular weight excluding hydrogens is 402 g/mol. The van der Waals surface area contributed by atoms with E-state index in [4.69, 9.17) is 0 Å². The summed E-state index contributed by atoms with van der Waals surface area (Å²) < 4.78 is 26.7.